The Morgan fingerprint density at radius 3 is 2.17 bits per heavy atom. The van der Waals surface area contributed by atoms with Crippen molar-refractivity contribution in [2.45, 2.75) is 18.9 Å². The molecule has 0 radical (unpaired) electrons. The molecule has 0 aliphatic carbocycles. The molecule has 0 amide bonds. The largest absolute Gasteiger partial charge is 0.454 e. The van der Waals surface area contributed by atoms with E-state index in [1.165, 1.54) is 11.1 Å². The van der Waals surface area contributed by atoms with Gasteiger partial charge < -0.3 is 20.1 Å². The van der Waals surface area contributed by atoms with E-state index in [1.807, 2.05) is 18.2 Å². The average Bonchev–Trinajstić information content (AvgIpc) is 3.24. The number of hydrogen-bond acceptors (Lipinski definition) is 3. The van der Waals surface area contributed by atoms with Crippen LogP contribution < -0.4 is 20.1 Å². The first-order valence-corrected chi connectivity index (χ1v) is 10.2. The first-order valence-electron chi connectivity index (χ1n) is 9.80. The van der Waals surface area contributed by atoms with Crippen LogP contribution in [0.4, 0.5) is 0 Å². The Morgan fingerprint density at radius 2 is 1.48 bits per heavy atom. The van der Waals surface area contributed by atoms with Crippen LogP contribution in [0.25, 0.3) is 0 Å². The van der Waals surface area contributed by atoms with E-state index in [1.54, 1.807) is 0 Å². The Bertz CT molecular complexity index is 908. The highest BCUT2D eigenvalue weighted by atomic mass is 32.1. The van der Waals surface area contributed by atoms with E-state index in [9.17, 15) is 0 Å². The normalized spacial score (nSPS) is 12.0. The van der Waals surface area contributed by atoms with E-state index in [2.05, 4.69) is 71.3 Å². The monoisotopic (exact) mass is 404 g/mol. The van der Waals surface area contributed by atoms with Crippen molar-refractivity contribution in [1.82, 2.24) is 10.6 Å². The lowest BCUT2D eigenvalue weighted by atomic mass is 9.88. The van der Waals surface area contributed by atoms with Crippen molar-refractivity contribution >= 4 is 17.3 Å². The van der Waals surface area contributed by atoms with Gasteiger partial charge in [-0.25, -0.2) is 0 Å². The molecule has 3 aromatic carbocycles. The average molecular weight is 405 g/mol. The van der Waals surface area contributed by atoms with E-state index in [4.69, 9.17) is 21.7 Å². The topological polar surface area (TPSA) is 42.5 Å². The Balaban J connectivity index is 1.30. The van der Waals surface area contributed by atoms with Crippen LogP contribution in [0.1, 0.15) is 29.0 Å². The van der Waals surface area contributed by atoms with Crippen LogP contribution in [0.3, 0.4) is 0 Å². The summed E-state index contributed by atoms with van der Waals surface area (Å²) in [4.78, 5) is 0. The summed E-state index contributed by atoms with van der Waals surface area (Å²) in [6, 6.07) is 27.2. The number of ether oxygens (including phenoxy) is 2. The number of fused-ring (bicyclic) bond motifs is 1. The van der Waals surface area contributed by atoms with E-state index in [-0.39, 0.29) is 6.79 Å². The van der Waals surface area contributed by atoms with Crippen molar-refractivity contribution in [1.29, 1.82) is 0 Å². The van der Waals surface area contributed by atoms with Crippen molar-refractivity contribution in [3.63, 3.8) is 0 Å². The molecule has 0 aromatic heterocycles. The second-order valence-corrected chi connectivity index (χ2v) is 7.37. The zero-order chi connectivity index (χ0) is 19.9. The highest BCUT2D eigenvalue weighted by Gasteiger charge is 2.14. The van der Waals surface area contributed by atoms with Crippen LogP contribution in [0, 0.1) is 0 Å². The Hall–Kier alpha value is -3.05. The summed E-state index contributed by atoms with van der Waals surface area (Å²) in [5.74, 6) is 1.92. The molecule has 2 N–H and O–H groups in total. The zero-order valence-electron chi connectivity index (χ0n) is 16.1. The predicted octanol–water partition coefficient (Wildman–Crippen LogP) is 4.60. The lowest BCUT2D eigenvalue weighted by molar-refractivity contribution is 0.174. The van der Waals surface area contributed by atoms with Gasteiger partial charge in [0, 0.05) is 19.0 Å². The number of thiocarbonyl (C=S) groups is 1. The summed E-state index contributed by atoms with van der Waals surface area (Å²) in [7, 11) is 0. The lowest BCUT2D eigenvalue weighted by Gasteiger charge is -2.19. The highest BCUT2D eigenvalue weighted by molar-refractivity contribution is 7.80. The first-order chi connectivity index (χ1) is 14.3. The molecule has 0 fully saturated rings. The molecular formula is C24H24N2O2S. The molecule has 3 aromatic rings. The molecule has 0 saturated heterocycles. The van der Waals surface area contributed by atoms with Crippen LogP contribution in [0.5, 0.6) is 11.5 Å². The minimum Gasteiger partial charge on any atom is -0.454 e. The molecule has 148 valence electrons. The van der Waals surface area contributed by atoms with Gasteiger partial charge in [-0.3, -0.25) is 0 Å². The van der Waals surface area contributed by atoms with E-state index < -0.39 is 0 Å². The van der Waals surface area contributed by atoms with Crippen LogP contribution in [0.2, 0.25) is 0 Å². The zero-order valence-corrected chi connectivity index (χ0v) is 17.0. The summed E-state index contributed by atoms with van der Waals surface area (Å²) < 4.78 is 10.8. The fourth-order valence-corrected chi connectivity index (χ4v) is 3.70. The van der Waals surface area contributed by atoms with Gasteiger partial charge in [0.05, 0.1) is 0 Å². The van der Waals surface area contributed by atoms with Gasteiger partial charge in [0.2, 0.25) is 6.79 Å². The van der Waals surface area contributed by atoms with Crippen LogP contribution >= 0.6 is 12.2 Å². The first kappa shape index (κ1) is 19.3. The molecular weight excluding hydrogens is 380 g/mol. The molecule has 4 nitrogen and oxygen atoms in total. The minimum atomic E-state index is 0.288. The van der Waals surface area contributed by atoms with Crippen LogP contribution in [0.15, 0.2) is 78.9 Å². The fourth-order valence-electron chi connectivity index (χ4n) is 3.52. The van der Waals surface area contributed by atoms with Gasteiger partial charge in [0.1, 0.15) is 0 Å². The second kappa shape index (κ2) is 9.43. The van der Waals surface area contributed by atoms with Crippen molar-refractivity contribution in [3.05, 3.63) is 95.6 Å². The third-order valence-corrected chi connectivity index (χ3v) is 5.30. The predicted molar refractivity (Wildman–Crippen MR) is 119 cm³/mol. The molecule has 1 aliphatic rings. The third kappa shape index (κ3) is 5.06. The minimum absolute atomic E-state index is 0.288. The maximum atomic E-state index is 5.46. The summed E-state index contributed by atoms with van der Waals surface area (Å²) in [6.07, 6.45) is 0.958. The van der Waals surface area contributed by atoms with Gasteiger partial charge in [-0.15, -0.1) is 0 Å². The van der Waals surface area contributed by atoms with Crippen LogP contribution in [-0.4, -0.2) is 18.5 Å². The molecule has 0 spiro atoms. The molecule has 0 atom stereocenters. The van der Waals surface area contributed by atoms with Crippen molar-refractivity contribution in [2.75, 3.05) is 13.3 Å². The summed E-state index contributed by atoms with van der Waals surface area (Å²) in [5.41, 5.74) is 3.74. The van der Waals surface area contributed by atoms with Gasteiger partial charge in [-0.1, -0.05) is 66.7 Å². The van der Waals surface area contributed by atoms with Gasteiger partial charge >= 0.3 is 0 Å². The molecule has 4 rings (SSSR count). The van der Waals surface area contributed by atoms with Gasteiger partial charge in [0.25, 0.3) is 0 Å². The molecule has 29 heavy (non-hydrogen) atoms. The van der Waals surface area contributed by atoms with Gasteiger partial charge in [-0.05, 0) is 47.5 Å². The quantitative estimate of drug-likeness (QED) is 0.563. The summed E-state index contributed by atoms with van der Waals surface area (Å²) in [5, 5.41) is 7.26. The smallest absolute Gasteiger partial charge is 0.231 e. The summed E-state index contributed by atoms with van der Waals surface area (Å²) >= 11 is 5.46. The van der Waals surface area contributed by atoms with Crippen molar-refractivity contribution in [2.24, 2.45) is 0 Å². The molecule has 1 aliphatic heterocycles. The third-order valence-electron chi connectivity index (χ3n) is 5.01. The Labute approximate surface area is 176 Å². The van der Waals surface area contributed by atoms with Crippen molar-refractivity contribution in [3.8, 4) is 11.5 Å². The standard InChI is InChI=1S/C24H24N2O2S/c29-24(26-16-18-11-12-22-23(15-18)28-17-27-22)25-14-13-21(19-7-3-1-4-8-19)20-9-5-2-6-10-20/h1-12,15,21H,13-14,16-17H2,(H2,25,26,29). The number of rotatable bonds is 7. The van der Waals surface area contributed by atoms with E-state index in [0.717, 1.165) is 30.0 Å². The van der Waals surface area contributed by atoms with Crippen LogP contribution in [-0.2, 0) is 6.54 Å². The maximum absolute atomic E-state index is 5.46. The maximum Gasteiger partial charge on any atom is 0.231 e. The molecule has 1 heterocycles. The van der Waals surface area contributed by atoms with Gasteiger partial charge in [-0.2, -0.15) is 0 Å². The molecule has 0 bridgehead atoms. The summed E-state index contributed by atoms with van der Waals surface area (Å²) in [6.45, 7) is 1.72. The highest BCUT2D eigenvalue weighted by Crippen LogP contribution is 2.32. The second-order valence-electron chi connectivity index (χ2n) is 6.96. The molecule has 5 heteroatoms. The van der Waals surface area contributed by atoms with E-state index >= 15 is 0 Å². The molecule has 0 saturated carbocycles. The number of benzene rings is 3. The molecule has 0 unspecified atom stereocenters. The number of hydrogen-bond donors (Lipinski definition) is 2. The van der Waals surface area contributed by atoms with Gasteiger partial charge in [0.15, 0.2) is 16.6 Å². The van der Waals surface area contributed by atoms with E-state index in [0.29, 0.717) is 17.6 Å². The number of nitrogens with one attached hydrogen (secondary N) is 2. The Morgan fingerprint density at radius 1 is 0.828 bits per heavy atom. The Kier molecular flexibility index (Phi) is 6.27. The fraction of sp³-hybridized carbons (Fsp3) is 0.208. The van der Waals surface area contributed by atoms with Crippen molar-refractivity contribution < 1.29 is 9.47 Å². The SMILES string of the molecule is S=C(NCCC(c1ccccc1)c1ccccc1)NCc1ccc2c(c1)OCO2. The lowest BCUT2D eigenvalue weighted by Crippen LogP contribution is -2.35.